The Bertz CT molecular complexity index is 604. The van der Waals surface area contributed by atoms with Gasteiger partial charge in [0.05, 0.1) is 17.7 Å². The predicted molar refractivity (Wildman–Crippen MR) is 82.1 cm³/mol. The van der Waals surface area contributed by atoms with Gasteiger partial charge in [0.1, 0.15) is 0 Å². The van der Waals surface area contributed by atoms with Gasteiger partial charge in [-0.15, -0.1) is 0 Å². The first-order valence-electron chi connectivity index (χ1n) is 7.14. The van der Waals surface area contributed by atoms with Gasteiger partial charge in [0.15, 0.2) is 0 Å². The number of nitrogens with zero attached hydrogens (tertiary/aromatic N) is 2. The smallest absolute Gasteiger partial charge is 0.240 e. The maximum atomic E-state index is 6.07. The maximum Gasteiger partial charge on any atom is 0.240 e. The normalized spacial score (nSPS) is 23.5. The van der Waals surface area contributed by atoms with Crippen LogP contribution in [0.4, 0.5) is 0 Å². The lowest BCUT2D eigenvalue weighted by molar-refractivity contribution is -0.0700. The fourth-order valence-corrected chi connectivity index (χ4v) is 3.56. The van der Waals surface area contributed by atoms with Crippen LogP contribution in [0.3, 0.4) is 0 Å². The zero-order valence-corrected chi connectivity index (χ0v) is 13.7. The van der Waals surface area contributed by atoms with E-state index in [-0.39, 0.29) is 17.2 Å². The minimum atomic E-state index is -0.195. The molecule has 1 fully saturated rings. The van der Waals surface area contributed by atoms with Crippen molar-refractivity contribution < 1.29 is 9.26 Å². The molecule has 2 aromatic rings. The summed E-state index contributed by atoms with van der Waals surface area (Å²) < 4.78 is 11.4. The molecule has 6 heteroatoms. The van der Waals surface area contributed by atoms with Gasteiger partial charge in [-0.2, -0.15) is 16.3 Å². The van der Waals surface area contributed by atoms with Gasteiger partial charge in [-0.3, -0.25) is 0 Å². The molecule has 1 aliphatic heterocycles. The predicted octanol–water partition coefficient (Wildman–Crippen LogP) is 3.23. The van der Waals surface area contributed by atoms with Crippen molar-refractivity contribution in [3.8, 4) is 11.4 Å². The number of hydrogen-bond donors (Lipinski definition) is 1. The van der Waals surface area contributed by atoms with E-state index in [0.29, 0.717) is 18.3 Å². The second-order valence-electron chi connectivity index (χ2n) is 6.63. The van der Waals surface area contributed by atoms with E-state index in [9.17, 15) is 0 Å². The molecule has 0 bridgehead atoms. The summed E-state index contributed by atoms with van der Waals surface area (Å²) in [6.07, 6.45) is 0.964. The first-order valence-corrected chi connectivity index (χ1v) is 8.09. The van der Waals surface area contributed by atoms with Gasteiger partial charge in [-0.05, 0) is 45.6 Å². The van der Waals surface area contributed by atoms with Crippen LogP contribution < -0.4 is 5.32 Å². The van der Waals surface area contributed by atoms with Crippen LogP contribution >= 0.6 is 11.3 Å². The second-order valence-corrected chi connectivity index (χ2v) is 7.41. The highest BCUT2D eigenvalue weighted by molar-refractivity contribution is 7.08. The fourth-order valence-electron chi connectivity index (χ4n) is 2.93. The lowest BCUT2D eigenvalue weighted by atomic mass is 9.94. The SMILES string of the molecule is CC1(C)CC(NCc2nc(-c3ccsc3)no2)C(C)(C)O1. The monoisotopic (exact) mass is 307 g/mol. The molecular weight excluding hydrogens is 286 g/mol. The molecule has 5 nitrogen and oxygen atoms in total. The van der Waals surface area contributed by atoms with Crippen molar-refractivity contribution in [2.24, 2.45) is 0 Å². The highest BCUT2D eigenvalue weighted by atomic mass is 32.1. The molecule has 1 saturated heterocycles. The van der Waals surface area contributed by atoms with E-state index < -0.39 is 0 Å². The zero-order chi connectivity index (χ0) is 15.1. The molecule has 1 aliphatic rings. The van der Waals surface area contributed by atoms with E-state index in [2.05, 4.69) is 43.2 Å². The van der Waals surface area contributed by atoms with E-state index in [1.165, 1.54) is 0 Å². The summed E-state index contributed by atoms with van der Waals surface area (Å²) in [7, 11) is 0. The maximum absolute atomic E-state index is 6.07. The summed E-state index contributed by atoms with van der Waals surface area (Å²) in [6.45, 7) is 9.04. The van der Waals surface area contributed by atoms with E-state index in [1.54, 1.807) is 11.3 Å². The molecule has 1 atom stereocenters. The minimum Gasteiger partial charge on any atom is -0.368 e. The second kappa shape index (κ2) is 5.19. The van der Waals surface area contributed by atoms with Gasteiger partial charge < -0.3 is 14.6 Å². The van der Waals surface area contributed by atoms with Crippen LogP contribution in [0.5, 0.6) is 0 Å². The van der Waals surface area contributed by atoms with Crippen molar-refractivity contribution in [3.05, 3.63) is 22.7 Å². The van der Waals surface area contributed by atoms with Crippen LogP contribution in [-0.2, 0) is 11.3 Å². The van der Waals surface area contributed by atoms with Crippen LogP contribution in [0.15, 0.2) is 21.3 Å². The first-order chi connectivity index (χ1) is 9.86. The van der Waals surface area contributed by atoms with E-state index in [0.717, 1.165) is 12.0 Å². The highest BCUT2D eigenvalue weighted by Gasteiger charge is 2.45. The summed E-state index contributed by atoms with van der Waals surface area (Å²) in [5.41, 5.74) is 0.707. The number of hydrogen-bond acceptors (Lipinski definition) is 6. The summed E-state index contributed by atoms with van der Waals surface area (Å²) in [6, 6.07) is 2.26. The molecule has 2 aromatic heterocycles. The van der Waals surface area contributed by atoms with Crippen LogP contribution in [0.2, 0.25) is 0 Å². The molecule has 3 heterocycles. The molecule has 0 amide bonds. The molecule has 0 aromatic carbocycles. The fraction of sp³-hybridized carbons (Fsp3) is 0.600. The Labute approximate surface area is 128 Å². The number of aromatic nitrogens is 2. The van der Waals surface area contributed by atoms with Crippen molar-refractivity contribution in [3.63, 3.8) is 0 Å². The molecule has 1 N–H and O–H groups in total. The Morgan fingerprint density at radius 2 is 2.19 bits per heavy atom. The number of thiophene rings is 1. The lowest BCUT2D eigenvalue weighted by Gasteiger charge is -2.27. The summed E-state index contributed by atoms with van der Waals surface area (Å²) in [5, 5.41) is 11.5. The van der Waals surface area contributed by atoms with Crippen molar-refractivity contribution in [2.45, 2.75) is 57.9 Å². The van der Waals surface area contributed by atoms with Crippen molar-refractivity contribution in [1.82, 2.24) is 15.5 Å². The molecule has 0 aliphatic carbocycles. The quantitative estimate of drug-likeness (QED) is 0.939. The largest absolute Gasteiger partial charge is 0.368 e. The van der Waals surface area contributed by atoms with Crippen molar-refractivity contribution in [2.75, 3.05) is 0 Å². The van der Waals surface area contributed by atoms with Crippen LogP contribution in [0, 0.1) is 0 Å². The third kappa shape index (κ3) is 3.17. The molecule has 3 rings (SSSR count). The third-order valence-electron chi connectivity index (χ3n) is 3.82. The molecular formula is C15H21N3O2S. The number of rotatable bonds is 4. The zero-order valence-electron chi connectivity index (χ0n) is 12.8. The molecule has 0 radical (unpaired) electrons. The minimum absolute atomic E-state index is 0.0994. The Balaban J connectivity index is 1.63. The van der Waals surface area contributed by atoms with Gasteiger partial charge in [-0.25, -0.2) is 0 Å². The lowest BCUT2D eigenvalue weighted by Crippen LogP contribution is -2.43. The molecule has 21 heavy (non-hydrogen) atoms. The van der Waals surface area contributed by atoms with Crippen LogP contribution in [0.1, 0.15) is 40.0 Å². The number of nitrogens with one attached hydrogen (secondary N) is 1. The van der Waals surface area contributed by atoms with Gasteiger partial charge >= 0.3 is 0 Å². The topological polar surface area (TPSA) is 60.2 Å². The van der Waals surface area contributed by atoms with Crippen LogP contribution in [0.25, 0.3) is 11.4 Å². The van der Waals surface area contributed by atoms with Crippen LogP contribution in [-0.4, -0.2) is 27.4 Å². The number of ether oxygens (including phenoxy) is 1. The van der Waals surface area contributed by atoms with E-state index in [1.807, 2.05) is 16.8 Å². The average molecular weight is 307 g/mol. The third-order valence-corrected chi connectivity index (χ3v) is 4.50. The average Bonchev–Trinajstić information content (AvgIpc) is 3.05. The van der Waals surface area contributed by atoms with Gasteiger partial charge in [0.2, 0.25) is 11.7 Å². The molecule has 1 unspecified atom stereocenters. The first kappa shape index (κ1) is 14.7. The molecule has 0 saturated carbocycles. The Morgan fingerprint density at radius 1 is 1.38 bits per heavy atom. The van der Waals surface area contributed by atoms with Crippen molar-refractivity contribution >= 4 is 11.3 Å². The molecule has 114 valence electrons. The molecule has 0 spiro atoms. The van der Waals surface area contributed by atoms with Gasteiger partial charge in [-0.1, -0.05) is 5.16 Å². The summed E-state index contributed by atoms with van der Waals surface area (Å²) in [5.74, 6) is 1.26. The van der Waals surface area contributed by atoms with Gasteiger partial charge in [0, 0.05) is 17.0 Å². The van der Waals surface area contributed by atoms with Gasteiger partial charge in [0.25, 0.3) is 0 Å². The summed E-state index contributed by atoms with van der Waals surface area (Å²) >= 11 is 1.62. The van der Waals surface area contributed by atoms with E-state index in [4.69, 9.17) is 9.26 Å². The summed E-state index contributed by atoms with van der Waals surface area (Å²) in [4.78, 5) is 4.42. The van der Waals surface area contributed by atoms with Crippen molar-refractivity contribution in [1.29, 1.82) is 0 Å². The Morgan fingerprint density at radius 3 is 2.81 bits per heavy atom. The highest BCUT2D eigenvalue weighted by Crippen LogP contribution is 2.37. The standard InChI is InChI=1S/C15H21N3O2S/c1-14(2)7-11(15(3,4)20-14)16-8-12-17-13(18-19-12)10-5-6-21-9-10/h5-6,9,11,16H,7-8H2,1-4H3. The Hall–Kier alpha value is -1.24. The Kier molecular flexibility index (Phi) is 3.63. The van der Waals surface area contributed by atoms with E-state index >= 15 is 0 Å².